The molecule has 1 heterocycles. The lowest BCUT2D eigenvalue weighted by Crippen LogP contribution is -2.34. The van der Waals surface area contributed by atoms with Crippen molar-refractivity contribution < 1.29 is 14.4 Å². The Balaban J connectivity index is 1.39. The zero-order valence-corrected chi connectivity index (χ0v) is 17.2. The molecule has 2 unspecified atom stereocenters. The number of fused-ring (bicyclic) bond motifs is 1. The van der Waals surface area contributed by atoms with Gasteiger partial charge in [0.25, 0.3) is 0 Å². The zero-order chi connectivity index (χ0) is 20.6. The number of likely N-dealkylation sites (N-methyl/N-ethyl adjacent to an activating group) is 1. The molecule has 2 N–H and O–H groups in total. The predicted octanol–water partition coefficient (Wildman–Crippen LogP) is 2.40. The van der Waals surface area contributed by atoms with Crippen molar-refractivity contribution in [2.24, 2.45) is 0 Å². The first-order valence-electron chi connectivity index (χ1n) is 9.57. The van der Waals surface area contributed by atoms with E-state index >= 15 is 0 Å². The molecule has 0 spiro atoms. The molecule has 0 aliphatic heterocycles. The fourth-order valence-corrected chi connectivity index (χ4v) is 4.16. The molecule has 2 atom stereocenters. The van der Waals surface area contributed by atoms with Crippen molar-refractivity contribution in [1.82, 2.24) is 9.88 Å². The molecule has 0 saturated heterocycles. The summed E-state index contributed by atoms with van der Waals surface area (Å²) in [5, 5.41) is 11.1. The lowest BCUT2D eigenvalue weighted by molar-refractivity contribution is 0.0765. The Hall–Kier alpha value is -2.32. The van der Waals surface area contributed by atoms with Crippen molar-refractivity contribution in [3.63, 3.8) is 0 Å². The lowest BCUT2D eigenvalue weighted by atomic mass is 10.2. The molecule has 6 nitrogen and oxygen atoms in total. The van der Waals surface area contributed by atoms with Crippen LogP contribution in [-0.2, 0) is 11.2 Å². The first kappa shape index (κ1) is 21.4. The molecule has 154 valence electrons. The van der Waals surface area contributed by atoms with Gasteiger partial charge in [0.2, 0.25) is 5.56 Å². The van der Waals surface area contributed by atoms with Gasteiger partial charge in [-0.2, -0.15) is 0 Å². The molecule has 0 radical (unpaired) electrons. The number of aromatic nitrogens is 1. The average molecular weight is 415 g/mol. The third-order valence-corrected chi connectivity index (χ3v) is 5.99. The molecular weight excluding hydrogens is 388 g/mol. The summed E-state index contributed by atoms with van der Waals surface area (Å²) in [4.78, 5) is 17.0. The third kappa shape index (κ3) is 6.61. The van der Waals surface area contributed by atoms with Crippen LogP contribution in [0.3, 0.4) is 0 Å². The van der Waals surface area contributed by atoms with Crippen LogP contribution in [0.1, 0.15) is 6.42 Å². The van der Waals surface area contributed by atoms with Crippen molar-refractivity contribution in [1.29, 1.82) is 0 Å². The van der Waals surface area contributed by atoms with E-state index in [0.717, 1.165) is 28.8 Å². The van der Waals surface area contributed by atoms with E-state index < -0.39 is 17.3 Å². The van der Waals surface area contributed by atoms with Gasteiger partial charge in [-0.25, -0.2) is 0 Å². The fourth-order valence-electron chi connectivity index (χ4n) is 3.07. The van der Waals surface area contributed by atoms with Gasteiger partial charge in [0, 0.05) is 36.5 Å². The predicted molar refractivity (Wildman–Crippen MR) is 116 cm³/mol. The molecule has 3 aromatic rings. The summed E-state index contributed by atoms with van der Waals surface area (Å²) < 4.78 is 17.9. The number of benzene rings is 2. The summed E-state index contributed by atoms with van der Waals surface area (Å²) in [7, 11) is 1.93. The minimum absolute atomic E-state index is 0.141. The highest BCUT2D eigenvalue weighted by atomic mass is 32.2. The maximum atomic E-state index is 12.2. The lowest BCUT2D eigenvalue weighted by Gasteiger charge is -2.21. The molecule has 0 bridgehead atoms. The molecule has 3 rings (SSSR count). The van der Waals surface area contributed by atoms with Crippen LogP contribution in [0, 0.1) is 0 Å². The van der Waals surface area contributed by atoms with E-state index in [-0.39, 0.29) is 12.2 Å². The number of ether oxygens (including phenoxy) is 1. The van der Waals surface area contributed by atoms with Crippen LogP contribution >= 0.6 is 0 Å². The van der Waals surface area contributed by atoms with Crippen LogP contribution in [0.4, 0.5) is 0 Å². The van der Waals surface area contributed by atoms with Crippen molar-refractivity contribution in [3.8, 4) is 5.75 Å². The summed E-state index contributed by atoms with van der Waals surface area (Å²) in [5.41, 5.74) is 0.607. The molecule has 0 fully saturated rings. The maximum absolute atomic E-state index is 12.2. The number of pyridine rings is 1. The van der Waals surface area contributed by atoms with Crippen molar-refractivity contribution in [2.45, 2.75) is 17.4 Å². The van der Waals surface area contributed by atoms with E-state index in [9.17, 15) is 14.5 Å². The van der Waals surface area contributed by atoms with Crippen LogP contribution in [0.15, 0.2) is 70.4 Å². The Morgan fingerprint density at radius 3 is 2.76 bits per heavy atom. The summed E-state index contributed by atoms with van der Waals surface area (Å²) in [6.45, 7) is 1.40. The normalized spacial score (nSPS) is 13.5. The molecule has 0 saturated carbocycles. The smallest absolute Gasteiger partial charge is 0.248 e. The first-order chi connectivity index (χ1) is 14.0. The topological polar surface area (TPSA) is 88.6 Å². The number of aromatic amines is 1. The van der Waals surface area contributed by atoms with Crippen LogP contribution in [-0.4, -0.2) is 58.1 Å². The van der Waals surface area contributed by atoms with Crippen molar-refractivity contribution >= 4 is 22.1 Å². The van der Waals surface area contributed by atoms with E-state index in [1.165, 1.54) is 6.07 Å². The van der Waals surface area contributed by atoms with E-state index in [4.69, 9.17) is 4.74 Å². The molecule has 0 aliphatic carbocycles. The van der Waals surface area contributed by atoms with Crippen LogP contribution in [0.5, 0.6) is 5.75 Å². The Labute approximate surface area is 173 Å². The van der Waals surface area contributed by atoms with Gasteiger partial charge in [-0.05, 0) is 54.6 Å². The van der Waals surface area contributed by atoms with Crippen LogP contribution in [0.25, 0.3) is 10.9 Å². The largest absolute Gasteiger partial charge is 0.611 e. The molecule has 0 amide bonds. The van der Waals surface area contributed by atoms with Gasteiger partial charge >= 0.3 is 0 Å². The Morgan fingerprint density at radius 1 is 1.17 bits per heavy atom. The highest BCUT2D eigenvalue weighted by Crippen LogP contribution is 2.18. The number of nitrogens with zero attached hydrogens (tertiary/aromatic N) is 1. The van der Waals surface area contributed by atoms with E-state index in [1.54, 1.807) is 18.2 Å². The number of aliphatic hydroxyl groups is 1. The SMILES string of the molecule is CN(CCC[S+]([O-])c1ccccc1)CC(O)COc1ccc2[nH]c(=O)ccc2c1. The summed E-state index contributed by atoms with van der Waals surface area (Å²) in [6, 6.07) is 18.1. The number of nitrogens with one attached hydrogen (secondary N) is 1. The van der Waals surface area contributed by atoms with Crippen LogP contribution in [0.2, 0.25) is 0 Å². The van der Waals surface area contributed by atoms with Gasteiger partial charge in [-0.1, -0.05) is 18.2 Å². The Kier molecular flexibility index (Phi) is 7.71. The Bertz CT molecular complexity index is 964. The first-order valence-corrected chi connectivity index (χ1v) is 10.9. The average Bonchev–Trinajstić information content (AvgIpc) is 2.72. The Morgan fingerprint density at radius 2 is 1.97 bits per heavy atom. The molecular formula is C22H26N2O4S. The summed E-state index contributed by atoms with van der Waals surface area (Å²) >= 11 is -0.990. The van der Waals surface area contributed by atoms with Gasteiger partial charge < -0.3 is 24.3 Å². The number of rotatable bonds is 10. The minimum atomic E-state index is -0.990. The zero-order valence-electron chi connectivity index (χ0n) is 16.4. The van der Waals surface area contributed by atoms with Gasteiger partial charge in [-0.15, -0.1) is 0 Å². The van der Waals surface area contributed by atoms with Crippen molar-refractivity contribution in [3.05, 3.63) is 71.0 Å². The monoisotopic (exact) mass is 414 g/mol. The second-order valence-corrected chi connectivity index (χ2v) is 8.59. The summed E-state index contributed by atoms with van der Waals surface area (Å²) in [6.07, 6.45) is 0.153. The van der Waals surface area contributed by atoms with Crippen LogP contribution < -0.4 is 10.3 Å². The molecule has 7 heteroatoms. The third-order valence-electron chi connectivity index (χ3n) is 4.54. The van der Waals surface area contributed by atoms with E-state index in [2.05, 4.69) is 4.98 Å². The highest BCUT2D eigenvalue weighted by Gasteiger charge is 2.13. The maximum Gasteiger partial charge on any atom is 0.248 e. The number of hydrogen-bond acceptors (Lipinski definition) is 5. The number of hydrogen-bond donors (Lipinski definition) is 2. The van der Waals surface area contributed by atoms with Gasteiger partial charge in [0.05, 0.1) is 0 Å². The second kappa shape index (κ2) is 10.5. The fraction of sp³-hybridized carbons (Fsp3) is 0.318. The number of aliphatic hydroxyl groups excluding tert-OH is 1. The van der Waals surface area contributed by atoms with Gasteiger partial charge in [-0.3, -0.25) is 4.79 Å². The molecule has 0 aliphatic rings. The molecule has 1 aromatic heterocycles. The van der Waals surface area contributed by atoms with Crippen molar-refractivity contribution in [2.75, 3.05) is 32.5 Å². The highest BCUT2D eigenvalue weighted by molar-refractivity contribution is 7.91. The molecule has 2 aromatic carbocycles. The summed E-state index contributed by atoms with van der Waals surface area (Å²) in [5.74, 6) is 1.24. The second-order valence-electron chi connectivity index (χ2n) is 7.01. The van der Waals surface area contributed by atoms with E-state index in [1.807, 2.05) is 48.3 Å². The van der Waals surface area contributed by atoms with Gasteiger partial charge in [0.1, 0.15) is 24.2 Å². The minimum Gasteiger partial charge on any atom is -0.611 e. The van der Waals surface area contributed by atoms with Gasteiger partial charge in [0.15, 0.2) is 4.90 Å². The quantitative estimate of drug-likeness (QED) is 0.498. The number of H-pyrrole nitrogens is 1. The van der Waals surface area contributed by atoms with E-state index in [0.29, 0.717) is 18.0 Å². The standard InChI is InChI=1S/C22H26N2O4S/c1-24(12-5-13-29(27)20-6-3-2-4-7-20)15-18(25)16-28-19-9-10-21-17(14-19)8-11-22(26)23-21/h2-4,6-11,14,18,25H,5,12-13,15-16H2,1H3,(H,23,26). The molecule has 29 heavy (non-hydrogen) atoms.